The Balaban J connectivity index is 1.27. The van der Waals surface area contributed by atoms with Crippen molar-refractivity contribution in [1.82, 2.24) is 4.90 Å². The molecule has 2 aliphatic heterocycles. The van der Waals surface area contributed by atoms with Crippen LogP contribution in [0.1, 0.15) is 41.4 Å². The van der Waals surface area contributed by atoms with Gasteiger partial charge in [-0.3, -0.25) is 24.1 Å². The van der Waals surface area contributed by atoms with Crippen LogP contribution in [0.3, 0.4) is 0 Å². The first-order chi connectivity index (χ1) is 17.8. The average molecular weight is 600 g/mol. The molecule has 8 heteroatoms. The summed E-state index contributed by atoms with van der Waals surface area (Å²) in [4.78, 5) is 53.2. The number of nitrogens with zero attached hydrogens (tertiary/aromatic N) is 2. The number of ether oxygens (including phenoxy) is 1. The predicted octanol–water partition coefficient (Wildman–Crippen LogP) is 5.78. The molecular weight excluding hydrogens is 583 g/mol. The lowest BCUT2D eigenvalue weighted by Gasteiger charge is -2.14. The zero-order valence-corrected chi connectivity index (χ0v) is 21.6. The number of imide groups is 2. The maximum atomic E-state index is 13.3. The first kappa shape index (κ1) is 23.1. The lowest BCUT2D eigenvalue weighted by Crippen LogP contribution is -2.29. The second-order valence-corrected chi connectivity index (χ2v) is 9.93. The third kappa shape index (κ3) is 3.80. The standard InChI is InChI=1S/C29H17IN2O5/c1-31-26(33)22-12-2-16(14-24(22)27(31)34)17-3-13-23-25(15-17)29(36)32(28(23)35)19-6-10-21(11-7-19)37-20-8-4-18(30)5-9-20/h2-15H,1H3. The van der Waals surface area contributed by atoms with Crippen LogP contribution in [0.5, 0.6) is 11.5 Å². The Morgan fingerprint density at radius 2 is 1.03 bits per heavy atom. The average Bonchev–Trinajstić information content (AvgIpc) is 3.29. The molecule has 0 unspecified atom stereocenters. The normalized spacial score (nSPS) is 14.3. The maximum absolute atomic E-state index is 13.3. The molecule has 0 radical (unpaired) electrons. The molecule has 37 heavy (non-hydrogen) atoms. The maximum Gasteiger partial charge on any atom is 0.266 e. The highest BCUT2D eigenvalue weighted by atomic mass is 127. The van der Waals surface area contributed by atoms with Gasteiger partial charge in [0.25, 0.3) is 23.6 Å². The van der Waals surface area contributed by atoms with Gasteiger partial charge in [0.15, 0.2) is 0 Å². The summed E-state index contributed by atoms with van der Waals surface area (Å²) < 4.78 is 6.94. The Labute approximate surface area is 225 Å². The summed E-state index contributed by atoms with van der Waals surface area (Å²) in [5.41, 5.74) is 3.04. The lowest BCUT2D eigenvalue weighted by atomic mass is 9.97. The zero-order chi connectivity index (χ0) is 25.8. The molecule has 0 N–H and O–H groups in total. The number of halogens is 1. The minimum absolute atomic E-state index is 0.279. The Bertz CT molecular complexity index is 1640. The van der Waals surface area contributed by atoms with E-state index in [9.17, 15) is 19.2 Å². The summed E-state index contributed by atoms with van der Waals surface area (Å²) in [6.07, 6.45) is 0. The highest BCUT2D eigenvalue weighted by molar-refractivity contribution is 14.1. The largest absolute Gasteiger partial charge is 0.457 e. The van der Waals surface area contributed by atoms with Crippen LogP contribution < -0.4 is 9.64 Å². The van der Waals surface area contributed by atoms with Crippen molar-refractivity contribution in [1.29, 1.82) is 0 Å². The lowest BCUT2D eigenvalue weighted by molar-refractivity contribution is 0.0692. The van der Waals surface area contributed by atoms with Crippen molar-refractivity contribution in [2.45, 2.75) is 0 Å². The number of hydrogen-bond donors (Lipinski definition) is 0. The molecule has 4 aromatic rings. The highest BCUT2D eigenvalue weighted by Gasteiger charge is 2.37. The van der Waals surface area contributed by atoms with E-state index in [-0.39, 0.29) is 17.4 Å². The van der Waals surface area contributed by atoms with Gasteiger partial charge in [-0.2, -0.15) is 0 Å². The van der Waals surface area contributed by atoms with Crippen molar-refractivity contribution in [3.05, 3.63) is 111 Å². The third-order valence-corrected chi connectivity index (χ3v) is 7.17. The van der Waals surface area contributed by atoms with Gasteiger partial charge in [-0.1, -0.05) is 12.1 Å². The van der Waals surface area contributed by atoms with E-state index < -0.39 is 11.8 Å². The van der Waals surface area contributed by atoms with E-state index in [2.05, 4.69) is 22.6 Å². The topological polar surface area (TPSA) is 84.0 Å². The first-order valence-electron chi connectivity index (χ1n) is 11.3. The number of carbonyl (C=O) groups excluding carboxylic acids is 4. The van der Waals surface area contributed by atoms with Crippen molar-refractivity contribution in [3.63, 3.8) is 0 Å². The molecule has 0 saturated heterocycles. The fourth-order valence-corrected chi connectivity index (χ4v) is 4.86. The van der Waals surface area contributed by atoms with Crippen molar-refractivity contribution in [2.75, 3.05) is 11.9 Å². The number of carbonyl (C=O) groups is 4. The molecule has 2 aliphatic rings. The quantitative estimate of drug-likeness (QED) is 0.219. The molecule has 0 bridgehead atoms. The smallest absolute Gasteiger partial charge is 0.266 e. The summed E-state index contributed by atoms with van der Waals surface area (Å²) in [6, 6.07) is 24.4. The van der Waals surface area contributed by atoms with Gasteiger partial charge in [0.1, 0.15) is 11.5 Å². The molecule has 0 atom stereocenters. The van der Waals surface area contributed by atoms with Gasteiger partial charge in [-0.05, 0) is 107 Å². The summed E-state index contributed by atoms with van der Waals surface area (Å²) in [5, 5.41) is 0. The molecule has 4 amide bonds. The van der Waals surface area contributed by atoms with Crippen LogP contribution in [0.2, 0.25) is 0 Å². The van der Waals surface area contributed by atoms with Gasteiger partial charge < -0.3 is 4.74 Å². The van der Waals surface area contributed by atoms with Crippen molar-refractivity contribution >= 4 is 51.9 Å². The Morgan fingerprint density at radius 3 is 1.62 bits per heavy atom. The van der Waals surface area contributed by atoms with E-state index in [1.807, 2.05) is 24.3 Å². The Hall–Kier alpha value is -4.31. The number of amides is 4. The molecule has 6 rings (SSSR count). The SMILES string of the molecule is CN1C(=O)c2ccc(-c3ccc4c(c3)C(=O)N(c3ccc(Oc5ccc(I)cc5)cc3)C4=O)cc2C1=O. The molecular formula is C29H17IN2O5. The fraction of sp³-hybridized carbons (Fsp3) is 0.0345. The summed E-state index contributed by atoms with van der Waals surface area (Å²) >= 11 is 2.22. The highest BCUT2D eigenvalue weighted by Crippen LogP contribution is 2.34. The minimum atomic E-state index is -0.430. The van der Waals surface area contributed by atoms with Crippen LogP contribution in [0.25, 0.3) is 11.1 Å². The van der Waals surface area contributed by atoms with E-state index in [0.29, 0.717) is 45.0 Å². The van der Waals surface area contributed by atoms with Crippen LogP contribution >= 0.6 is 22.6 Å². The number of benzene rings is 4. The molecule has 7 nitrogen and oxygen atoms in total. The molecule has 0 aromatic heterocycles. The first-order valence-corrected chi connectivity index (χ1v) is 12.4. The molecule has 0 aliphatic carbocycles. The number of fused-ring (bicyclic) bond motifs is 2. The summed E-state index contributed by atoms with van der Waals surface area (Å²) in [6.45, 7) is 0. The minimum Gasteiger partial charge on any atom is -0.457 e. The van der Waals surface area contributed by atoms with E-state index in [0.717, 1.165) is 13.4 Å². The number of hydrogen-bond acceptors (Lipinski definition) is 5. The van der Waals surface area contributed by atoms with Gasteiger partial charge in [-0.15, -0.1) is 0 Å². The van der Waals surface area contributed by atoms with Gasteiger partial charge in [0.2, 0.25) is 0 Å². The second kappa shape index (κ2) is 8.67. The van der Waals surface area contributed by atoms with E-state index in [4.69, 9.17) is 4.74 Å². The molecule has 0 saturated carbocycles. The molecule has 4 aromatic carbocycles. The van der Waals surface area contributed by atoms with Crippen molar-refractivity contribution < 1.29 is 23.9 Å². The summed E-state index contributed by atoms with van der Waals surface area (Å²) in [7, 11) is 1.44. The Kier molecular flexibility index (Phi) is 5.41. The van der Waals surface area contributed by atoms with Crippen LogP contribution in [0.15, 0.2) is 84.9 Å². The van der Waals surface area contributed by atoms with E-state index in [1.165, 1.54) is 7.05 Å². The van der Waals surface area contributed by atoms with Crippen LogP contribution in [-0.4, -0.2) is 35.6 Å². The van der Waals surface area contributed by atoms with Crippen molar-refractivity contribution in [2.24, 2.45) is 0 Å². The van der Waals surface area contributed by atoms with Crippen LogP contribution in [0.4, 0.5) is 5.69 Å². The zero-order valence-electron chi connectivity index (χ0n) is 19.4. The monoisotopic (exact) mass is 600 g/mol. The summed E-state index contributed by atoms with van der Waals surface area (Å²) in [5.74, 6) is -0.277. The fourth-order valence-electron chi connectivity index (χ4n) is 4.50. The second-order valence-electron chi connectivity index (χ2n) is 8.69. The Morgan fingerprint density at radius 1 is 0.568 bits per heavy atom. The van der Waals surface area contributed by atoms with E-state index >= 15 is 0 Å². The molecule has 180 valence electrons. The molecule has 0 spiro atoms. The van der Waals surface area contributed by atoms with Gasteiger partial charge in [-0.25, -0.2) is 4.90 Å². The number of anilines is 1. The van der Waals surface area contributed by atoms with Gasteiger partial charge in [0.05, 0.1) is 27.9 Å². The third-order valence-electron chi connectivity index (χ3n) is 6.45. The van der Waals surface area contributed by atoms with Gasteiger partial charge >= 0.3 is 0 Å². The molecule has 0 fully saturated rings. The number of rotatable bonds is 4. The van der Waals surface area contributed by atoms with Crippen LogP contribution in [-0.2, 0) is 0 Å². The van der Waals surface area contributed by atoms with Gasteiger partial charge in [0, 0.05) is 10.6 Å². The molecule has 2 heterocycles. The van der Waals surface area contributed by atoms with Crippen molar-refractivity contribution in [3.8, 4) is 22.6 Å². The van der Waals surface area contributed by atoms with Crippen LogP contribution in [0, 0.1) is 3.57 Å². The predicted molar refractivity (Wildman–Crippen MR) is 145 cm³/mol. The van der Waals surface area contributed by atoms with E-state index in [1.54, 1.807) is 60.7 Å².